The van der Waals surface area contributed by atoms with Gasteiger partial charge in [-0.2, -0.15) is 0 Å². The van der Waals surface area contributed by atoms with E-state index in [-0.39, 0.29) is 0 Å². The van der Waals surface area contributed by atoms with E-state index in [9.17, 15) is 21.8 Å². The molecule has 1 atom stereocenters. The Kier molecular flexibility index (Phi) is 3.31. The van der Waals surface area contributed by atoms with Gasteiger partial charge in [0.25, 0.3) is 0 Å². The van der Waals surface area contributed by atoms with E-state index in [1.165, 1.54) is 0 Å². The van der Waals surface area contributed by atoms with E-state index in [0.717, 1.165) is 6.26 Å². The lowest BCUT2D eigenvalue weighted by Crippen LogP contribution is -2.05. The Hall–Kier alpha value is -0.430. The molecule has 14 heavy (non-hydrogen) atoms. The van der Waals surface area contributed by atoms with Crippen molar-refractivity contribution in [3.05, 3.63) is 27.7 Å². The highest BCUT2D eigenvalue weighted by molar-refractivity contribution is 9.10. The van der Waals surface area contributed by atoms with Crippen LogP contribution in [0.2, 0.25) is 0 Å². The predicted molar refractivity (Wildman–Crippen MR) is 46.3 cm³/mol. The Bertz CT molecular complexity index is 392. The SMILES string of the molecule is CS(=O)c1c(F)c(F)c(Br)c(F)c1F. The lowest BCUT2D eigenvalue weighted by molar-refractivity contribution is 0.417. The Morgan fingerprint density at radius 2 is 1.36 bits per heavy atom. The van der Waals surface area contributed by atoms with Gasteiger partial charge in [0.2, 0.25) is 0 Å². The summed E-state index contributed by atoms with van der Waals surface area (Å²) in [5, 5.41) is 0. The van der Waals surface area contributed by atoms with Gasteiger partial charge in [-0.25, -0.2) is 17.6 Å². The fourth-order valence-electron chi connectivity index (χ4n) is 0.837. The fraction of sp³-hybridized carbons (Fsp3) is 0.143. The number of halogens is 5. The first-order valence-corrected chi connectivity index (χ1v) is 5.58. The molecular weight excluding hydrogens is 288 g/mol. The van der Waals surface area contributed by atoms with Gasteiger partial charge in [0.15, 0.2) is 23.3 Å². The third-order valence-corrected chi connectivity index (χ3v) is 3.09. The maximum absolute atomic E-state index is 12.9. The van der Waals surface area contributed by atoms with Crippen LogP contribution in [-0.4, -0.2) is 10.5 Å². The largest absolute Gasteiger partial charge is 0.254 e. The minimum Gasteiger partial charge on any atom is -0.254 e. The normalized spacial score (nSPS) is 13.0. The van der Waals surface area contributed by atoms with E-state index in [2.05, 4.69) is 15.9 Å². The van der Waals surface area contributed by atoms with Crippen molar-refractivity contribution in [2.45, 2.75) is 4.90 Å². The van der Waals surface area contributed by atoms with Crippen molar-refractivity contribution < 1.29 is 21.8 Å². The van der Waals surface area contributed by atoms with Crippen molar-refractivity contribution in [1.29, 1.82) is 0 Å². The molecule has 1 aromatic rings. The quantitative estimate of drug-likeness (QED) is 0.442. The summed E-state index contributed by atoms with van der Waals surface area (Å²) in [4.78, 5) is -1.09. The van der Waals surface area contributed by atoms with Gasteiger partial charge in [-0.1, -0.05) is 0 Å². The summed E-state index contributed by atoms with van der Waals surface area (Å²) in [7, 11) is -2.13. The molecule has 1 rings (SSSR count). The summed E-state index contributed by atoms with van der Waals surface area (Å²) in [5.41, 5.74) is 0. The summed E-state index contributed by atoms with van der Waals surface area (Å²) < 4.78 is 61.4. The highest BCUT2D eigenvalue weighted by Gasteiger charge is 2.25. The molecule has 0 spiro atoms. The molecule has 1 unspecified atom stereocenters. The molecular formula is C7H3BrF4OS. The van der Waals surface area contributed by atoms with E-state index in [1.807, 2.05) is 0 Å². The smallest absolute Gasteiger partial charge is 0.179 e. The van der Waals surface area contributed by atoms with Crippen LogP contribution in [0.15, 0.2) is 9.37 Å². The number of rotatable bonds is 1. The molecule has 0 amide bonds. The first-order chi connectivity index (χ1) is 6.37. The topological polar surface area (TPSA) is 17.1 Å². The monoisotopic (exact) mass is 290 g/mol. The molecule has 0 aliphatic heterocycles. The van der Waals surface area contributed by atoms with Gasteiger partial charge in [-0.3, -0.25) is 4.21 Å². The van der Waals surface area contributed by atoms with Crippen LogP contribution in [-0.2, 0) is 10.8 Å². The van der Waals surface area contributed by atoms with E-state index in [4.69, 9.17) is 0 Å². The summed E-state index contributed by atoms with van der Waals surface area (Å²) >= 11 is 2.34. The minimum atomic E-state index is -2.13. The van der Waals surface area contributed by atoms with Crippen molar-refractivity contribution in [1.82, 2.24) is 0 Å². The third-order valence-electron chi connectivity index (χ3n) is 1.46. The molecule has 0 fully saturated rings. The predicted octanol–water partition coefficient (Wildman–Crippen LogP) is 2.74. The van der Waals surface area contributed by atoms with Gasteiger partial charge >= 0.3 is 0 Å². The Morgan fingerprint density at radius 3 is 1.64 bits per heavy atom. The van der Waals surface area contributed by atoms with Crippen LogP contribution in [0.3, 0.4) is 0 Å². The Morgan fingerprint density at radius 1 is 1.00 bits per heavy atom. The molecule has 0 radical (unpaired) electrons. The van der Waals surface area contributed by atoms with Crippen molar-refractivity contribution in [3.63, 3.8) is 0 Å². The van der Waals surface area contributed by atoms with Gasteiger partial charge < -0.3 is 0 Å². The second-order valence-electron chi connectivity index (χ2n) is 2.35. The maximum atomic E-state index is 12.9. The second kappa shape index (κ2) is 3.98. The van der Waals surface area contributed by atoms with Crippen molar-refractivity contribution in [2.75, 3.05) is 6.26 Å². The van der Waals surface area contributed by atoms with E-state index < -0.39 is 43.4 Å². The van der Waals surface area contributed by atoms with Crippen LogP contribution in [0.5, 0.6) is 0 Å². The molecule has 78 valence electrons. The zero-order valence-electron chi connectivity index (χ0n) is 6.71. The van der Waals surface area contributed by atoms with Crippen molar-refractivity contribution in [3.8, 4) is 0 Å². The molecule has 1 aromatic carbocycles. The lowest BCUT2D eigenvalue weighted by Gasteiger charge is -2.05. The first kappa shape index (κ1) is 11.6. The van der Waals surface area contributed by atoms with E-state index in [1.54, 1.807) is 0 Å². The fourth-order valence-corrected chi connectivity index (χ4v) is 1.87. The van der Waals surface area contributed by atoms with Gasteiger partial charge in [0, 0.05) is 6.26 Å². The lowest BCUT2D eigenvalue weighted by atomic mass is 10.3. The number of benzene rings is 1. The summed E-state index contributed by atoms with van der Waals surface area (Å²) in [6.45, 7) is 0. The number of hydrogen-bond acceptors (Lipinski definition) is 1. The second-order valence-corrected chi connectivity index (χ2v) is 4.46. The molecule has 0 N–H and O–H groups in total. The standard InChI is InChI=1S/C7H3BrF4OS/c1-14(13)7-5(11)3(9)2(8)4(10)6(7)12/h1H3. The van der Waals surface area contributed by atoms with Gasteiger partial charge in [-0.05, 0) is 15.9 Å². The summed E-state index contributed by atoms with van der Waals surface area (Å²) in [6, 6.07) is 0. The van der Waals surface area contributed by atoms with Crippen LogP contribution < -0.4 is 0 Å². The summed E-state index contributed by atoms with van der Waals surface area (Å²) in [5.74, 6) is -6.46. The van der Waals surface area contributed by atoms with Gasteiger partial charge in [0.05, 0.1) is 15.3 Å². The Labute approximate surface area is 87.7 Å². The van der Waals surface area contributed by atoms with Crippen LogP contribution in [0.1, 0.15) is 0 Å². The van der Waals surface area contributed by atoms with E-state index in [0.29, 0.717) is 0 Å². The molecule has 0 bridgehead atoms. The molecule has 0 aliphatic rings. The third kappa shape index (κ3) is 1.70. The van der Waals surface area contributed by atoms with E-state index >= 15 is 0 Å². The average Bonchev–Trinajstić information content (AvgIpc) is 2.11. The van der Waals surface area contributed by atoms with Crippen LogP contribution in [0.4, 0.5) is 17.6 Å². The van der Waals surface area contributed by atoms with Crippen molar-refractivity contribution in [2.24, 2.45) is 0 Å². The van der Waals surface area contributed by atoms with Crippen LogP contribution >= 0.6 is 15.9 Å². The molecule has 1 nitrogen and oxygen atoms in total. The van der Waals surface area contributed by atoms with Crippen molar-refractivity contribution >= 4 is 26.7 Å². The van der Waals surface area contributed by atoms with Gasteiger partial charge in [-0.15, -0.1) is 0 Å². The molecule has 0 aromatic heterocycles. The highest BCUT2D eigenvalue weighted by Crippen LogP contribution is 2.29. The molecule has 0 heterocycles. The molecule has 0 saturated carbocycles. The molecule has 7 heteroatoms. The molecule has 0 saturated heterocycles. The molecule has 0 aliphatic carbocycles. The Balaban J connectivity index is 3.68. The zero-order chi connectivity index (χ0) is 11.0. The highest BCUT2D eigenvalue weighted by atomic mass is 79.9. The average molecular weight is 291 g/mol. The summed E-state index contributed by atoms with van der Waals surface area (Å²) in [6.07, 6.45) is 0.925. The number of hydrogen-bond donors (Lipinski definition) is 0. The zero-order valence-corrected chi connectivity index (χ0v) is 9.11. The maximum Gasteiger partial charge on any atom is 0.179 e. The van der Waals surface area contributed by atoms with Crippen LogP contribution in [0, 0.1) is 23.3 Å². The first-order valence-electron chi connectivity index (χ1n) is 3.22. The van der Waals surface area contributed by atoms with Gasteiger partial charge in [0.1, 0.15) is 4.90 Å². The van der Waals surface area contributed by atoms with Crippen LogP contribution in [0.25, 0.3) is 0 Å². The minimum absolute atomic E-state index is 0.925.